The van der Waals surface area contributed by atoms with Gasteiger partial charge in [0, 0.05) is 12.7 Å². The second-order valence-electron chi connectivity index (χ2n) is 4.22. The molecule has 1 heterocycles. The summed E-state index contributed by atoms with van der Waals surface area (Å²) < 4.78 is 26.6. The summed E-state index contributed by atoms with van der Waals surface area (Å²) in [7, 11) is -3.91. The van der Waals surface area contributed by atoms with E-state index in [1.165, 1.54) is 12.3 Å². The van der Waals surface area contributed by atoms with Crippen molar-refractivity contribution >= 4 is 21.4 Å². The van der Waals surface area contributed by atoms with E-state index in [0.29, 0.717) is 5.69 Å². The molecule has 2 rings (SSSR count). The van der Waals surface area contributed by atoms with Crippen LogP contribution >= 0.6 is 0 Å². The molecule has 0 saturated heterocycles. The summed E-state index contributed by atoms with van der Waals surface area (Å²) in [6, 6.07) is 13.6. The molecular formula is C14H14N4O2S. The molecule has 1 aromatic heterocycles. The maximum atomic E-state index is 12.7. The predicted octanol–water partition coefficient (Wildman–Crippen LogP) is 1.77. The van der Waals surface area contributed by atoms with E-state index >= 15 is 0 Å². The van der Waals surface area contributed by atoms with E-state index in [9.17, 15) is 8.42 Å². The highest BCUT2D eigenvalue weighted by Crippen LogP contribution is 2.25. The lowest BCUT2D eigenvalue weighted by atomic mass is 10.3. The smallest absolute Gasteiger partial charge is 0.283 e. The monoisotopic (exact) mass is 302 g/mol. The summed E-state index contributed by atoms with van der Waals surface area (Å²) in [6.07, 6.45) is 1.44. The predicted molar refractivity (Wildman–Crippen MR) is 79.9 cm³/mol. The molecule has 0 atom stereocenters. The highest BCUT2D eigenvalue weighted by Gasteiger charge is 2.27. The van der Waals surface area contributed by atoms with Gasteiger partial charge in [-0.3, -0.25) is 4.31 Å². The fraction of sp³-hybridized carbons (Fsp3) is 0.143. The van der Waals surface area contributed by atoms with Crippen LogP contribution in [0.1, 0.15) is 6.42 Å². The Morgan fingerprint density at radius 2 is 1.90 bits per heavy atom. The minimum Gasteiger partial charge on any atom is -0.396 e. The second-order valence-corrected chi connectivity index (χ2v) is 6.00. The topological polar surface area (TPSA) is 100 Å². The molecule has 0 spiro atoms. The quantitative estimate of drug-likeness (QED) is 0.907. The van der Waals surface area contributed by atoms with Crippen LogP contribution in [0.2, 0.25) is 0 Å². The molecule has 0 aliphatic rings. The Kier molecular flexibility index (Phi) is 4.40. The molecule has 0 unspecified atom stereocenters. The van der Waals surface area contributed by atoms with Crippen LogP contribution in [0, 0.1) is 11.3 Å². The van der Waals surface area contributed by atoms with E-state index in [-0.39, 0.29) is 23.7 Å². The zero-order chi connectivity index (χ0) is 15.3. The van der Waals surface area contributed by atoms with E-state index in [1.54, 1.807) is 36.4 Å². The Bertz CT molecular complexity index is 754. The lowest BCUT2D eigenvalue weighted by Gasteiger charge is -2.23. The molecule has 0 bridgehead atoms. The lowest BCUT2D eigenvalue weighted by Crippen LogP contribution is -2.33. The van der Waals surface area contributed by atoms with Crippen molar-refractivity contribution in [3.8, 4) is 6.07 Å². The zero-order valence-corrected chi connectivity index (χ0v) is 12.0. The van der Waals surface area contributed by atoms with Gasteiger partial charge in [0.05, 0.1) is 23.9 Å². The number of hydrogen-bond donors (Lipinski definition) is 1. The summed E-state index contributed by atoms with van der Waals surface area (Å²) in [4.78, 5) is 3.87. The van der Waals surface area contributed by atoms with Crippen molar-refractivity contribution in [1.29, 1.82) is 5.26 Å². The van der Waals surface area contributed by atoms with E-state index in [1.807, 2.05) is 6.07 Å². The molecule has 0 aliphatic carbocycles. The third-order valence-corrected chi connectivity index (χ3v) is 4.61. The molecule has 21 heavy (non-hydrogen) atoms. The van der Waals surface area contributed by atoms with Crippen LogP contribution in [0.4, 0.5) is 11.4 Å². The van der Waals surface area contributed by atoms with Crippen LogP contribution in [0.25, 0.3) is 0 Å². The molecule has 6 nitrogen and oxygen atoms in total. The van der Waals surface area contributed by atoms with Crippen LogP contribution in [0.15, 0.2) is 53.7 Å². The van der Waals surface area contributed by atoms with Crippen LogP contribution in [-0.2, 0) is 10.0 Å². The van der Waals surface area contributed by atoms with Gasteiger partial charge in [-0.2, -0.15) is 13.7 Å². The highest BCUT2D eigenvalue weighted by atomic mass is 32.2. The van der Waals surface area contributed by atoms with Gasteiger partial charge in [-0.15, -0.1) is 0 Å². The van der Waals surface area contributed by atoms with Gasteiger partial charge in [-0.25, -0.2) is 4.98 Å². The molecule has 0 radical (unpaired) electrons. The summed E-state index contributed by atoms with van der Waals surface area (Å²) in [5, 5.41) is 8.54. The first-order valence-electron chi connectivity index (χ1n) is 6.22. The first-order chi connectivity index (χ1) is 10.1. The summed E-state index contributed by atoms with van der Waals surface area (Å²) in [6.45, 7) is 0.0405. The van der Waals surface area contributed by atoms with Crippen LogP contribution < -0.4 is 10.0 Å². The Morgan fingerprint density at radius 3 is 2.52 bits per heavy atom. The molecule has 0 aliphatic heterocycles. The molecule has 7 heteroatoms. The lowest BCUT2D eigenvalue weighted by molar-refractivity contribution is 0.588. The Morgan fingerprint density at radius 1 is 1.19 bits per heavy atom. The molecule has 2 N–H and O–H groups in total. The molecule has 2 aromatic rings. The first-order valence-corrected chi connectivity index (χ1v) is 7.66. The van der Waals surface area contributed by atoms with Gasteiger partial charge in [0.15, 0.2) is 5.03 Å². The van der Waals surface area contributed by atoms with E-state index in [0.717, 1.165) is 4.31 Å². The zero-order valence-electron chi connectivity index (χ0n) is 11.2. The van der Waals surface area contributed by atoms with Gasteiger partial charge < -0.3 is 5.73 Å². The number of sulfonamides is 1. The third-order valence-electron chi connectivity index (χ3n) is 2.81. The summed E-state index contributed by atoms with van der Waals surface area (Å²) in [5.41, 5.74) is 6.27. The standard InChI is InChI=1S/C14H14N4O2S/c15-9-5-11-18(12-6-2-1-3-7-12)21(19,20)14-13(16)8-4-10-17-14/h1-4,6-8,10H,5,11,16H2. The van der Waals surface area contributed by atoms with Gasteiger partial charge in [-0.05, 0) is 24.3 Å². The molecular weight excluding hydrogens is 288 g/mol. The largest absolute Gasteiger partial charge is 0.396 e. The number of pyridine rings is 1. The average Bonchev–Trinajstić information content (AvgIpc) is 2.49. The van der Waals surface area contributed by atoms with Crippen LogP contribution in [0.5, 0.6) is 0 Å². The van der Waals surface area contributed by atoms with Gasteiger partial charge in [-0.1, -0.05) is 18.2 Å². The minimum absolute atomic E-state index is 0.0405. The maximum Gasteiger partial charge on any atom is 0.283 e. The van der Waals surface area contributed by atoms with Gasteiger partial charge in [0.2, 0.25) is 0 Å². The van der Waals surface area contributed by atoms with Crippen molar-refractivity contribution in [2.75, 3.05) is 16.6 Å². The minimum atomic E-state index is -3.91. The normalized spacial score (nSPS) is 10.8. The number of benzene rings is 1. The number of anilines is 2. The first kappa shape index (κ1) is 14.8. The number of rotatable bonds is 5. The number of nitrogen functional groups attached to an aromatic ring is 1. The number of nitrogens with two attached hydrogens (primary N) is 1. The highest BCUT2D eigenvalue weighted by molar-refractivity contribution is 7.92. The van der Waals surface area contributed by atoms with Crippen molar-refractivity contribution in [2.24, 2.45) is 0 Å². The van der Waals surface area contributed by atoms with Crippen molar-refractivity contribution in [2.45, 2.75) is 11.4 Å². The van der Waals surface area contributed by atoms with Gasteiger partial charge >= 0.3 is 0 Å². The third kappa shape index (κ3) is 3.12. The Labute approximate surface area is 123 Å². The maximum absolute atomic E-state index is 12.7. The number of nitrogens with zero attached hydrogens (tertiary/aromatic N) is 3. The number of hydrogen-bond acceptors (Lipinski definition) is 5. The molecule has 1 aromatic carbocycles. The van der Waals surface area contributed by atoms with Crippen molar-refractivity contribution < 1.29 is 8.42 Å². The van der Waals surface area contributed by atoms with Crippen LogP contribution in [0.3, 0.4) is 0 Å². The van der Waals surface area contributed by atoms with Crippen molar-refractivity contribution in [3.63, 3.8) is 0 Å². The Hall–Kier alpha value is -2.59. The molecule has 0 saturated carbocycles. The fourth-order valence-electron chi connectivity index (χ4n) is 1.86. The number of nitriles is 1. The van der Waals surface area contributed by atoms with Crippen molar-refractivity contribution in [3.05, 3.63) is 48.7 Å². The number of para-hydroxylation sites is 1. The van der Waals surface area contributed by atoms with Crippen LogP contribution in [-0.4, -0.2) is 19.9 Å². The summed E-state index contributed by atoms with van der Waals surface area (Å²) in [5.74, 6) is 0. The second kappa shape index (κ2) is 6.24. The fourth-order valence-corrected chi connectivity index (χ4v) is 3.36. The van der Waals surface area contributed by atoms with E-state index in [2.05, 4.69) is 4.98 Å². The number of aromatic nitrogens is 1. The summed E-state index contributed by atoms with van der Waals surface area (Å²) >= 11 is 0. The van der Waals surface area contributed by atoms with Gasteiger partial charge in [0.1, 0.15) is 0 Å². The Balaban J connectivity index is 2.51. The molecule has 108 valence electrons. The SMILES string of the molecule is N#CCCN(c1ccccc1)S(=O)(=O)c1ncccc1N. The van der Waals surface area contributed by atoms with E-state index in [4.69, 9.17) is 11.0 Å². The molecule has 0 amide bonds. The molecule has 0 fully saturated rings. The van der Waals surface area contributed by atoms with Crippen molar-refractivity contribution in [1.82, 2.24) is 4.98 Å². The average molecular weight is 302 g/mol. The van der Waals surface area contributed by atoms with Gasteiger partial charge in [0.25, 0.3) is 10.0 Å². The van der Waals surface area contributed by atoms with E-state index < -0.39 is 10.0 Å².